The third-order valence-corrected chi connectivity index (χ3v) is 1.06. The second-order valence-electron chi connectivity index (χ2n) is 2.05. The van der Waals surface area contributed by atoms with Crippen molar-refractivity contribution in [1.82, 2.24) is 0 Å². The van der Waals surface area contributed by atoms with Crippen LogP contribution in [-0.2, 0) is 0 Å². The Morgan fingerprint density at radius 2 is 2.00 bits per heavy atom. The SMILES string of the molecule is C=CC(N)CCC(F)(F)F. The molecule has 0 aliphatic carbocycles. The number of nitrogens with two attached hydrogens (primary N) is 1. The van der Waals surface area contributed by atoms with Crippen LogP contribution in [0.1, 0.15) is 12.8 Å². The predicted octanol–water partition coefficient (Wildman–Crippen LogP) is 1.84. The van der Waals surface area contributed by atoms with Gasteiger partial charge in [0.2, 0.25) is 0 Å². The smallest absolute Gasteiger partial charge is 0.324 e. The summed E-state index contributed by atoms with van der Waals surface area (Å²) in [5.41, 5.74) is 5.16. The molecule has 0 heterocycles. The van der Waals surface area contributed by atoms with E-state index in [1.807, 2.05) is 0 Å². The van der Waals surface area contributed by atoms with Gasteiger partial charge in [0, 0.05) is 12.5 Å². The molecule has 0 fully saturated rings. The summed E-state index contributed by atoms with van der Waals surface area (Å²) in [6, 6.07) is -0.540. The van der Waals surface area contributed by atoms with Gasteiger partial charge in [-0.25, -0.2) is 0 Å². The van der Waals surface area contributed by atoms with E-state index in [9.17, 15) is 13.2 Å². The van der Waals surface area contributed by atoms with E-state index in [0.29, 0.717) is 0 Å². The van der Waals surface area contributed by atoms with Gasteiger partial charge in [-0.05, 0) is 6.42 Å². The Morgan fingerprint density at radius 3 is 2.30 bits per heavy atom. The molecule has 0 aromatic heterocycles. The lowest BCUT2D eigenvalue weighted by Gasteiger charge is -2.07. The van der Waals surface area contributed by atoms with Crippen LogP contribution < -0.4 is 5.73 Å². The molecule has 2 N–H and O–H groups in total. The molecule has 0 amide bonds. The van der Waals surface area contributed by atoms with Gasteiger partial charge in [0.25, 0.3) is 0 Å². The fourth-order valence-corrected chi connectivity index (χ4v) is 0.448. The average Bonchev–Trinajstić information content (AvgIpc) is 1.81. The maximum atomic E-state index is 11.5. The van der Waals surface area contributed by atoms with E-state index in [2.05, 4.69) is 6.58 Å². The zero-order chi connectivity index (χ0) is 8.20. The van der Waals surface area contributed by atoms with Crippen molar-refractivity contribution in [2.45, 2.75) is 25.1 Å². The molecule has 10 heavy (non-hydrogen) atoms. The number of hydrogen-bond donors (Lipinski definition) is 1. The van der Waals surface area contributed by atoms with Crippen LogP contribution in [0.15, 0.2) is 12.7 Å². The van der Waals surface area contributed by atoms with Gasteiger partial charge >= 0.3 is 6.18 Å². The topological polar surface area (TPSA) is 26.0 Å². The van der Waals surface area contributed by atoms with Crippen LogP contribution in [-0.4, -0.2) is 12.2 Å². The van der Waals surface area contributed by atoms with E-state index in [4.69, 9.17) is 5.73 Å². The summed E-state index contributed by atoms with van der Waals surface area (Å²) < 4.78 is 34.4. The molecule has 0 aliphatic heterocycles. The number of alkyl halides is 3. The van der Waals surface area contributed by atoms with Crippen molar-refractivity contribution in [3.8, 4) is 0 Å². The normalized spacial score (nSPS) is 14.8. The van der Waals surface area contributed by atoms with E-state index in [1.54, 1.807) is 0 Å². The first-order valence-corrected chi connectivity index (χ1v) is 2.90. The lowest BCUT2D eigenvalue weighted by atomic mass is 10.2. The molecule has 0 aromatic carbocycles. The van der Waals surface area contributed by atoms with Crippen molar-refractivity contribution in [2.75, 3.05) is 0 Å². The van der Waals surface area contributed by atoms with Crippen LogP contribution in [0.5, 0.6) is 0 Å². The van der Waals surface area contributed by atoms with Crippen LogP contribution in [0.3, 0.4) is 0 Å². The summed E-state index contributed by atoms with van der Waals surface area (Å²) in [6.07, 6.45) is -3.69. The number of rotatable bonds is 3. The largest absolute Gasteiger partial charge is 0.389 e. The molecule has 1 atom stereocenters. The van der Waals surface area contributed by atoms with E-state index in [1.165, 1.54) is 6.08 Å². The molecule has 1 nitrogen and oxygen atoms in total. The maximum Gasteiger partial charge on any atom is 0.389 e. The van der Waals surface area contributed by atoms with Gasteiger partial charge in [-0.15, -0.1) is 6.58 Å². The number of hydrogen-bond acceptors (Lipinski definition) is 1. The maximum absolute atomic E-state index is 11.5. The predicted molar refractivity (Wildman–Crippen MR) is 33.5 cm³/mol. The first kappa shape index (κ1) is 9.49. The molecule has 1 unspecified atom stereocenters. The molecule has 0 aromatic rings. The number of halogens is 3. The molecule has 0 saturated carbocycles. The summed E-state index contributed by atoms with van der Waals surface area (Å²) in [5.74, 6) is 0. The van der Waals surface area contributed by atoms with Crippen molar-refractivity contribution in [3.63, 3.8) is 0 Å². The first-order valence-electron chi connectivity index (χ1n) is 2.90. The minimum absolute atomic E-state index is 0.0764. The van der Waals surface area contributed by atoms with Gasteiger partial charge in [0.15, 0.2) is 0 Å². The van der Waals surface area contributed by atoms with Crippen molar-refractivity contribution in [1.29, 1.82) is 0 Å². The molecule has 4 heteroatoms. The van der Waals surface area contributed by atoms with Crippen LogP contribution in [0.4, 0.5) is 13.2 Å². The minimum atomic E-state index is -4.10. The average molecular weight is 153 g/mol. The van der Waals surface area contributed by atoms with Crippen molar-refractivity contribution >= 4 is 0 Å². The van der Waals surface area contributed by atoms with Crippen LogP contribution in [0.25, 0.3) is 0 Å². The Bertz CT molecular complexity index is 108. The van der Waals surface area contributed by atoms with Crippen molar-refractivity contribution in [2.24, 2.45) is 5.73 Å². The van der Waals surface area contributed by atoms with Gasteiger partial charge in [0.05, 0.1) is 0 Å². The molecule has 0 bridgehead atoms. The van der Waals surface area contributed by atoms with Gasteiger partial charge in [-0.3, -0.25) is 0 Å². The summed E-state index contributed by atoms with van der Waals surface area (Å²) in [7, 11) is 0. The standard InChI is InChI=1S/C6H10F3N/c1-2-5(10)3-4-6(7,8)9/h2,5H,1,3-4,10H2. The molecule has 60 valence electrons. The molecule has 0 radical (unpaired) electrons. The Morgan fingerprint density at radius 1 is 1.50 bits per heavy atom. The summed E-state index contributed by atoms with van der Waals surface area (Å²) in [6.45, 7) is 3.27. The van der Waals surface area contributed by atoms with Crippen LogP contribution in [0.2, 0.25) is 0 Å². The summed E-state index contributed by atoms with van der Waals surface area (Å²) >= 11 is 0. The monoisotopic (exact) mass is 153 g/mol. The fraction of sp³-hybridized carbons (Fsp3) is 0.667. The van der Waals surface area contributed by atoms with E-state index >= 15 is 0 Å². The highest BCUT2D eigenvalue weighted by molar-refractivity contribution is 4.82. The zero-order valence-corrected chi connectivity index (χ0v) is 5.49. The van der Waals surface area contributed by atoms with Gasteiger partial charge < -0.3 is 5.73 Å². The van der Waals surface area contributed by atoms with E-state index < -0.39 is 18.6 Å². The second kappa shape index (κ2) is 3.61. The Hall–Kier alpha value is -0.510. The molecule has 0 spiro atoms. The third-order valence-electron chi connectivity index (χ3n) is 1.06. The highest BCUT2D eigenvalue weighted by atomic mass is 19.4. The molecule has 0 aliphatic rings. The Labute approximate surface area is 57.7 Å². The molecular weight excluding hydrogens is 143 g/mol. The lowest BCUT2D eigenvalue weighted by molar-refractivity contribution is -0.135. The van der Waals surface area contributed by atoms with Crippen LogP contribution in [0, 0.1) is 0 Å². The molecule has 0 saturated heterocycles. The third kappa shape index (κ3) is 5.62. The molecular formula is C6H10F3N. The second-order valence-corrected chi connectivity index (χ2v) is 2.05. The van der Waals surface area contributed by atoms with Gasteiger partial charge in [0.1, 0.15) is 0 Å². The Balaban J connectivity index is 3.45. The van der Waals surface area contributed by atoms with Gasteiger partial charge in [-0.2, -0.15) is 13.2 Å². The van der Waals surface area contributed by atoms with Crippen molar-refractivity contribution < 1.29 is 13.2 Å². The van der Waals surface area contributed by atoms with E-state index in [-0.39, 0.29) is 6.42 Å². The summed E-state index contributed by atoms with van der Waals surface area (Å²) in [4.78, 5) is 0. The highest BCUT2D eigenvalue weighted by Crippen LogP contribution is 2.21. The van der Waals surface area contributed by atoms with Crippen molar-refractivity contribution in [3.05, 3.63) is 12.7 Å². The zero-order valence-electron chi connectivity index (χ0n) is 5.49. The Kier molecular flexibility index (Phi) is 3.42. The minimum Gasteiger partial charge on any atom is -0.324 e. The molecule has 0 rings (SSSR count). The highest BCUT2D eigenvalue weighted by Gasteiger charge is 2.26. The quantitative estimate of drug-likeness (QED) is 0.615. The van der Waals surface area contributed by atoms with Crippen LogP contribution >= 0.6 is 0 Å². The summed E-state index contributed by atoms with van der Waals surface area (Å²) in [5, 5.41) is 0. The van der Waals surface area contributed by atoms with E-state index in [0.717, 1.165) is 0 Å². The lowest BCUT2D eigenvalue weighted by Crippen LogP contribution is -2.20. The van der Waals surface area contributed by atoms with Gasteiger partial charge in [-0.1, -0.05) is 6.08 Å². The first-order chi connectivity index (χ1) is 4.45. The fourth-order valence-electron chi connectivity index (χ4n) is 0.448.